The fraction of sp³-hybridized carbons (Fsp3) is 1.00. The molecule has 0 bridgehead atoms. The number of hydrogen-bond donors (Lipinski definition) is 1. The van der Waals surface area contributed by atoms with E-state index in [-0.39, 0.29) is 5.41 Å². The summed E-state index contributed by atoms with van der Waals surface area (Å²) >= 11 is 0. The molecular weight excluding hydrogens is 184 g/mol. The van der Waals surface area contributed by atoms with Crippen molar-refractivity contribution >= 4 is 0 Å². The molecule has 15 heavy (non-hydrogen) atoms. The van der Waals surface area contributed by atoms with Crippen LogP contribution in [0.3, 0.4) is 0 Å². The summed E-state index contributed by atoms with van der Waals surface area (Å²) in [4.78, 5) is 0. The lowest BCUT2D eigenvalue weighted by Crippen LogP contribution is -2.20. The van der Waals surface area contributed by atoms with Gasteiger partial charge < -0.3 is 5.11 Å². The van der Waals surface area contributed by atoms with Crippen LogP contribution in [0.1, 0.15) is 52.9 Å². The van der Waals surface area contributed by atoms with E-state index in [4.69, 9.17) is 0 Å². The van der Waals surface area contributed by atoms with Gasteiger partial charge in [-0.2, -0.15) is 0 Å². The Bertz CT molecular complexity index is 219. The van der Waals surface area contributed by atoms with Crippen LogP contribution in [0.25, 0.3) is 0 Å². The maximum atomic E-state index is 9.45. The van der Waals surface area contributed by atoms with E-state index in [1.54, 1.807) is 0 Å². The average Bonchev–Trinajstić information content (AvgIpc) is 2.83. The lowest BCUT2D eigenvalue weighted by molar-refractivity contribution is 0.169. The molecule has 2 saturated carbocycles. The molecule has 2 aliphatic rings. The Morgan fingerprint density at radius 2 is 1.87 bits per heavy atom. The fourth-order valence-electron chi connectivity index (χ4n) is 4.10. The molecule has 0 radical (unpaired) electrons. The topological polar surface area (TPSA) is 20.2 Å². The van der Waals surface area contributed by atoms with E-state index in [9.17, 15) is 5.11 Å². The second-order valence-corrected chi connectivity index (χ2v) is 6.24. The highest BCUT2D eigenvalue weighted by Gasteiger charge is 2.60. The van der Waals surface area contributed by atoms with E-state index in [1.807, 2.05) is 0 Å². The van der Waals surface area contributed by atoms with Crippen LogP contribution in [0.4, 0.5) is 0 Å². The lowest BCUT2D eigenvalue weighted by Gasteiger charge is -2.29. The van der Waals surface area contributed by atoms with Gasteiger partial charge in [0, 0.05) is 6.61 Å². The minimum Gasteiger partial charge on any atom is -0.396 e. The van der Waals surface area contributed by atoms with Gasteiger partial charge in [0.15, 0.2) is 0 Å². The monoisotopic (exact) mass is 210 g/mol. The van der Waals surface area contributed by atoms with Gasteiger partial charge in [-0.15, -0.1) is 0 Å². The molecule has 2 aliphatic carbocycles. The molecule has 1 heteroatoms. The second-order valence-electron chi connectivity index (χ2n) is 6.24. The lowest BCUT2D eigenvalue weighted by atomic mass is 9.77. The highest BCUT2D eigenvalue weighted by atomic mass is 16.3. The maximum absolute atomic E-state index is 9.45. The van der Waals surface area contributed by atoms with Crippen LogP contribution in [0, 0.1) is 29.1 Å². The third-order valence-corrected chi connectivity index (χ3v) is 5.53. The van der Waals surface area contributed by atoms with Crippen LogP contribution < -0.4 is 0 Å². The highest BCUT2D eigenvalue weighted by Crippen LogP contribution is 2.63. The molecule has 0 aromatic heterocycles. The predicted molar refractivity (Wildman–Crippen MR) is 63.6 cm³/mol. The van der Waals surface area contributed by atoms with E-state index >= 15 is 0 Å². The fourth-order valence-corrected chi connectivity index (χ4v) is 4.10. The Morgan fingerprint density at radius 3 is 2.33 bits per heavy atom. The van der Waals surface area contributed by atoms with Gasteiger partial charge >= 0.3 is 0 Å². The van der Waals surface area contributed by atoms with E-state index in [2.05, 4.69) is 20.8 Å². The molecule has 0 unspecified atom stereocenters. The molecule has 0 aromatic carbocycles. The Kier molecular flexibility index (Phi) is 3.12. The predicted octanol–water partition coefficient (Wildman–Crippen LogP) is 3.47. The third-order valence-electron chi connectivity index (χ3n) is 5.53. The van der Waals surface area contributed by atoms with E-state index < -0.39 is 0 Å². The molecule has 0 amide bonds. The zero-order chi connectivity index (χ0) is 11.1. The summed E-state index contributed by atoms with van der Waals surface area (Å²) in [5.74, 6) is 3.29. The quantitative estimate of drug-likeness (QED) is 0.756. The largest absolute Gasteiger partial charge is 0.396 e. The van der Waals surface area contributed by atoms with E-state index in [0.29, 0.717) is 6.61 Å². The molecule has 0 heterocycles. The minimum absolute atomic E-state index is 0.247. The summed E-state index contributed by atoms with van der Waals surface area (Å²) in [6.07, 6.45) is 7.19. The Labute approximate surface area is 94.3 Å². The molecular formula is C14H26O. The van der Waals surface area contributed by atoms with Gasteiger partial charge in [-0.1, -0.05) is 52.9 Å². The van der Waals surface area contributed by atoms with Crippen molar-refractivity contribution in [2.75, 3.05) is 6.61 Å². The average molecular weight is 210 g/mol. The molecule has 88 valence electrons. The molecule has 1 N–H and O–H groups in total. The van der Waals surface area contributed by atoms with Gasteiger partial charge in [0.05, 0.1) is 0 Å². The number of hydrogen-bond acceptors (Lipinski definition) is 1. The third kappa shape index (κ3) is 1.84. The maximum Gasteiger partial charge on any atom is 0.0490 e. The van der Waals surface area contributed by atoms with Crippen molar-refractivity contribution < 1.29 is 5.11 Å². The molecule has 0 saturated heterocycles. The molecule has 0 aromatic rings. The summed E-state index contributed by atoms with van der Waals surface area (Å²) in [5, 5.41) is 9.45. The van der Waals surface area contributed by atoms with Gasteiger partial charge in [-0.25, -0.2) is 0 Å². The SMILES string of the molecule is C[C@@H](C1CCCCC1)[C@@H]1[C@H](C)[C@@]1(C)CO. The zero-order valence-corrected chi connectivity index (χ0v) is 10.5. The number of aliphatic hydroxyl groups is 1. The van der Waals surface area contributed by atoms with Gasteiger partial charge in [-0.3, -0.25) is 0 Å². The van der Waals surface area contributed by atoms with Crippen LogP contribution in [0.2, 0.25) is 0 Å². The van der Waals surface area contributed by atoms with Crippen molar-refractivity contribution in [3.8, 4) is 0 Å². The van der Waals surface area contributed by atoms with Gasteiger partial charge in [-0.05, 0) is 29.1 Å². The zero-order valence-electron chi connectivity index (χ0n) is 10.5. The first kappa shape index (κ1) is 11.4. The smallest absolute Gasteiger partial charge is 0.0490 e. The molecule has 0 aliphatic heterocycles. The van der Waals surface area contributed by atoms with Crippen molar-refractivity contribution in [1.29, 1.82) is 0 Å². The summed E-state index contributed by atoms with van der Waals surface area (Å²) in [6.45, 7) is 7.40. The van der Waals surface area contributed by atoms with E-state index in [1.165, 1.54) is 32.1 Å². The highest BCUT2D eigenvalue weighted by molar-refractivity contribution is 5.08. The number of aliphatic hydroxyl groups excluding tert-OH is 1. The summed E-state index contributed by atoms with van der Waals surface area (Å²) in [6, 6.07) is 0. The molecule has 4 atom stereocenters. The molecule has 1 nitrogen and oxygen atoms in total. The molecule has 2 rings (SSSR count). The van der Waals surface area contributed by atoms with Gasteiger partial charge in [0.1, 0.15) is 0 Å². The van der Waals surface area contributed by atoms with Crippen molar-refractivity contribution in [3.05, 3.63) is 0 Å². The Balaban J connectivity index is 1.94. The molecule has 2 fully saturated rings. The minimum atomic E-state index is 0.247. The normalized spacial score (nSPS) is 44.0. The van der Waals surface area contributed by atoms with E-state index in [0.717, 1.165) is 23.7 Å². The van der Waals surface area contributed by atoms with Crippen molar-refractivity contribution in [1.82, 2.24) is 0 Å². The number of rotatable bonds is 3. The van der Waals surface area contributed by atoms with Crippen LogP contribution in [0.5, 0.6) is 0 Å². The van der Waals surface area contributed by atoms with Crippen LogP contribution in [0.15, 0.2) is 0 Å². The first-order valence-corrected chi connectivity index (χ1v) is 6.72. The standard InChI is InChI=1S/C14H26O/c1-10(12-7-5-4-6-8-12)13-11(2)14(13,3)9-15/h10-13,15H,4-9H2,1-3H3/t10-,11-,13+,14+/m0/s1. The van der Waals surface area contributed by atoms with Crippen LogP contribution in [-0.2, 0) is 0 Å². The Morgan fingerprint density at radius 1 is 1.27 bits per heavy atom. The van der Waals surface area contributed by atoms with Crippen LogP contribution >= 0.6 is 0 Å². The van der Waals surface area contributed by atoms with Gasteiger partial charge in [0.2, 0.25) is 0 Å². The van der Waals surface area contributed by atoms with Crippen molar-refractivity contribution in [3.63, 3.8) is 0 Å². The Hall–Kier alpha value is -0.0400. The van der Waals surface area contributed by atoms with Gasteiger partial charge in [0.25, 0.3) is 0 Å². The molecule has 0 spiro atoms. The van der Waals surface area contributed by atoms with Crippen molar-refractivity contribution in [2.45, 2.75) is 52.9 Å². The summed E-state index contributed by atoms with van der Waals surface area (Å²) in [5.41, 5.74) is 0.247. The first-order chi connectivity index (χ1) is 7.11. The summed E-state index contributed by atoms with van der Waals surface area (Å²) < 4.78 is 0. The van der Waals surface area contributed by atoms with Crippen LogP contribution in [-0.4, -0.2) is 11.7 Å². The van der Waals surface area contributed by atoms with Crippen molar-refractivity contribution in [2.24, 2.45) is 29.1 Å². The first-order valence-electron chi connectivity index (χ1n) is 6.72. The second kappa shape index (κ2) is 4.08. The summed E-state index contributed by atoms with van der Waals surface area (Å²) in [7, 11) is 0.